The molecular formula is C85H166O17P2. The molecule has 0 fully saturated rings. The number of hydrogen-bond donors (Lipinski definition) is 3. The lowest BCUT2D eigenvalue weighted by Crippen LogP contribution is -2.30. The Balaban J connectivity index is 5.23. The van der Waals surface area contributed by atoms with Crippen molar-refractivity contribution in [2.24, 2.45) is 23.7 Å². The van der Waals surface area contributed by atoms with Crippen LogP contribution < -0.4 is 0 Å². The maximum atomic E-state index is 13.1. The SMILES string of the molecule is CC(C)CCCCCCCCCCCCCCCCCCCCC(=O)O[C@H](COC(=O)CCCCCCCCCCCCCCCCCCC(C)C)COP(=O)(O)OCC(O)COP(=O)(O)OC[C@@H](COC(=O)CCCCCCCCCC(C)C)OC(=O)CCCCCCCCCCCCCC(C)C. The molecule has 3 N–H and O–H groups in total. The van der Waals surface area contributed by atoms with E-state index in [-0.39, 0.29) is 25.7 Å². The summed E-state index contributed by atoms with van der Waals surface area (Å²) in [5.41, 5.74) is 0. The van der Waals surface area contributed by atoms with Gasteiger partial charge in [-0.2, -0.15) is 0 Å². The zero-order valence-corrected chi connectivity index (χ0v) is 70.5. The third kappa shape index (κ3) is 78.2. The van der Waals surface area contributed by atoms with Gasteiger partial charge in [0.25, 0.3) is 0 Å². The molecule has 0 aromatic rings. The molecule has 0 amide bonds. The van der Waals surface area contributed by atoms with Gasteiger partial charge in [-0.05, 0) is 49.4 Å². The number of rotatable bonds is 82. The van der Waals surface area contributed by atoms with Crippen molar-refractivity contribution >= 4 is 39.5 Å². The lowest BCUT2D eigenvalue weighted by Gasteiger charge is -2.21. The van der Waals surface area contributed by atoms with E-state index in [2.05, 4.69) is 55.4 Å². The van der Waals surface area contributed by atoms with Crippen molar-refractivity contribution in [3.8, 4) is 0 Å². The Bertz CT molecular complexity index is 2020. The lowest BCUT2D eigenvalue weighted by molar-refractivity contribution is -0.161. The molecule has 0 rings (SSSR count). The average Bonchev–Trinajstić information content (AvgIpc) is 0.906. The molecule has 3 unspecified atom stereocenters. The smallest absolute Gasteiger partial charge is 0.462 e. The quantitative estimate of drug-likeness (QED) is 0.0222. The summed E-state index contributed by atoms with van der Waals surface area (Å²) in [6, 6.07) is 0. The van der Waals surface area contributed by atoms with Gasteiger partial charge in [0.1, 0.15) is 19.3 Å². The predicted molar refractivity (Wildman–Crippen MR) is 428 cm³/mol. The first-order chi connectivity index (χ1) is 50.1. The highest BCUT2D eigenvalue weighted by atomic mass is 31.2. The molecule has 618 valence electrons. The molecule has 5 atom stereocenters. The second-order valence-corrected chi connectivity index (χ2v) is 35.4. The van der Waals surface area contributed by atoms with Crippen molar-refractivity contribution in [2.75, 3.05) is 39.6 Å². The Morgan fingerprint density at radius 2 is 0.404 bits per heavy atom. The molecule has 0 heterocycles. The van der Waals surface area contributed by atoms with Crippen LogP contribution in [-0.2, 0) is 65.4 Å². The highest BCUT2D eigenvalue weighted by Crippen LogP contribution is 2.45. The standard InChI is InChI=1S/C85H166O17P2/c1-75(2)61-53-45-37-30-24-19-15-11-9-10-12-18-22-28-34-42-51-59-67-84(89)101-80(71-95-82(87)65-57-49-41-33-27-21-17-14-13-16-20-25-31-38-46-54-62-76(3)4)73-99-103(91,92)97-69-79(86)70-98-104(93,94)100-74-81(72-96-83(88)66-58-50-44-36-40-48-56-64-78(7)8)102-85(90)68-60-52-43-35-29-23-26-32-39-47-55-63-77(5)6/h75-81,86H,9-74H2,1-8H3,(H,91,92)(H,93,94)/t79?,80-,81-/m1/s1. The number of aliphatic hydroxyl groups is 1. The molecule has 0 aliphatic heterocycles. The van der Waals surface area contributed by atoms with Crippen LogP contribution in [-0.4, -0.2) is 96.7 Å². The highest BCUT2D eigenvalue weighted by Gasteiger charge is 2.30. The first-order valence-corrected chi connectivity index (χ1v) is 46.7. The summed E-state index contributed by atoms with van der Waals surface area (Å²) in [6.07, 6.45) is 62.6. The van der Waals surface area contributed by atoms with Crippen LogP contribution in [0, 0.1) is 23.7 Å². The molecule has 0 saturated carbocycles. The van der Waals surface area contributed by atoms with E-state index in [9.17, 15) is 43.2 Å². The van der Waals surface area contributed by atoms with E-state index in [1.807, 2.05) is 0 Å². The van der Waals surface area contributed by atoms with Crippen LogP contribution in [0.2, 0.25) is 0 Å². The van der Waals surface area contributed by atoms with E-state index in [4.69, 9.17) is 37.0 Å². The molecule has 0 aromatic heterocycles. The maximum absolute atomic E-state index is 13.1. The number of unbranched alkanes of at least 4 members (excludes halogenated alkanes) is 48. The number of phosphoric acid groups is 2. The molecule has 104 heavy (non-hydrogen) atoms. The van der Waals surface area contributed by atoms with Crippen LogP contribution in [0.4, 0.5) is 0 Å². The van der Waals surface area contributed by atoms with Gasteiger partial charge in [0.2, 0.25) is 0 Å². The molecule has 0 bridgehead atoms. The van der Waals surface area contributed by atoms with Gasteiger partial charge in [-0.1, -0.05) is 389 Å². The number of aliphatic hydroxyl groups excluding tert-OH is 1. The minimum Gasteiger partial charge on any atom is -0.462 e. The summed E-state index contributed by atoms with van der Waals surface area (Å²) in [4.78, 5) is 73.1. The van der Waals surface area contributed by atoms with Gasteiger partial charge in [-0.25, -0.2) is 9.13 Å². The molecule has 0 aromatic carbocycles. The summed E-state index contributed by atoms with van der Waals surface area (Å²) >= 11 is 0. The maximum Gasteiger partial charge on any atom is 0.472 e. The van der Waals surface area contributed by atoms with Crippen molar-refractivity contribution in [3.63, 3.8) is 0 Å². The fraction of sp³-hybridized carbons (Fsp3) is 0.953. The van der Waals surface area contributed by atoms with E-state index < -0.39 is 97.5 Å². The third-order valence-electron chi connectivity index (χ3n) is 19.8. The molecule has 0 aliphatic carbocycles. The molecule has 0 saturated heterocycles. The van der Waals surface area contributed by atoms with Gasteiger partial charge in [0.05, 0.1) is 26.4 Å². The Morgan fingerprint density at radius 3 is 0.596 bits per heavy atom. The Morgan fingerprint density at radius 1 is 0.240 bits per heavy atom. The van der Waals surface area contributed by atoms with Gasteiger partial charge in [-0.15, -0.1) is 0 Å². The number of hydrogen-bond acceptors (Lipinski definition) is 15. The lowest BCUT2D eigenvalue weighted by atomic mass is 10.0. The summed E-state index contributed by atoms with van der Waals surface area (Å²) in [5.74, 6) is 0.993. The van der Waals surface area contributed by atoms with E-state index in [1.54, 1.807) is 0 Å². The molecule has 0 spiro atoms. The molecule has 0 aliphatic rings. The van der Waals surface area contributed by atoms with Crippen molar-refractivity contribution in [2.45, 2.75) is 459 Å². The van der Waals surface area contributed by atoms with E-state index in [1.165, 1.54) is 238 Å². The number of carbonyl (C=O) groups is 4. The minimum absolute atomic E-state index is 0.106. The summed E-state index contributed by atoms with van der Waals surface area (Å²) in [6.45, 7) is 14.3. The van der Waals surface area contributed by atoms with Crippen molar-refractivity contribution in [1.82, 2.24) is 0 Å². The van der Waals surface area contributed by atoms with Gasteiger partial charge in [0.15, 0.2) is 12.2 Å². The number of phosphoric ester groups is 2. The summed E-state index contributed by atoms with van der Waals surface area (Å²) in [5, 5.41) is 10.7. The molecule has 17 nitrogen and oxygen atoms in total. The van der Waals surface area contributed by atoms with Gasteiger partial charge in [0, 0.05) is 25.7 Å². The Labute approximate surface area is 638 Å². The predicted octanol–water partition coefficient (Wildman–Crippen LogP) is 25.6. The highest BCUT2D eigenvalue weighted by molar-refractivity contribution is 7.47. The topological polar surface area (TPSA) is 237 Å². The van der Waals surface area contributed by atoms with Crippen molar-refractivity contribution in [3.05, 3.63) is 0 Å². The van der Waals surface area contributed by atoms with E-state index in [0.717, 1.165) is 114 Å². The fourth-order valence-electron chi connectivity index (χ4n) is 13.1. The van der Waals surface area contributed by atoms with Gasteiger partial charge < -0.3 is 33.8 Å². The van der Waals surface area contributed by atoms with E-state index in [0.29, 0.717) is 31.6 Å². The monoisotopic (exact) mass is 1520 g/mol. The van der Waals surface area contributed by atoms with Crippen LogP contribution in [0.15, 0.2) is 0 Å². The fourth-order valence-corrected chi connectivity index (χ4v) is 14.7. The second kappa shape index (κ2) is 73.8. The summed E-state index contributed by atoms with van der Waals surface area (Å²) < 4.78 is 68.8. The Hall–Kier alpha value is -1.94. The largest absolute Gasteiger partial charge is 0.472 e. The van der Waals surface area contributed by atoms with Crippen LogP contribution in [0.5, 0.6) is 0 Å². The third-order valence-corrected chi connectivity index (χ3v) is 21.7. The number of ether oxygens (including phenoxy) is 4. The number of carbonyl (C=O) groups excluding carboxylic acids is 4. The van der Waals surface area contributed by atoms with Crippen LogP contribution in [0.25, 0.3) is 0 Å². The average molecular weight is 1520 g/mol. The first kappa shape index (κ1) is 102. The van der Waals surface area contributed by atoms with Crippen LogP contribution in [0.1, 0.15) is 441 Å². The van der Waals surface area contributed by atoms with Gasteiger partial charge >= 0.3 is 39.5 Å². The molecule has 0 radical (unpaired) electrons. The zero-order valence-electron chi connectivity index (χ0n) is 68.7. The van der Waals surface area contributed by atoms with Gasteiger partial charge in [-0.3, -0.25) is 37.3 Å². The normalized spacial score (nSPS) is 14.0. The van der Waals surface area contributed by atoms with Crippen LogP contribution >= 0.6 is 15.6 Å². The molecular weight excluding hydrogens is 1350 g/mol. The summed E-state index contributed by atoms with van der Waals surface area (Å²) in [7, 11) is -9.93. The first-order valence-electron chi connectivity index (χ1n) is 43.7. The molecule has 19 heteroatoms. The van der Waals surface area contributed by atoms with Crippen molar-refractivity contribution < 1.29 is 80.2 Å². The number of esters is 4. The zero-order chi connectivity index (χ0) is 76.7. The Kier molecular flexibility index (Phi) is 72.5. The minimum atomic E-state index is -4.97. The van der Waals surface area contributed by atoms with Crippen LogP contribution in [0.3, 0.4) is 0 Å². The second-order valence-electron chi connectivity index (χ2n) is 32.5. The van der Waals surface area contributed by atoms with Crippen molar-refractivity contribution in [1.29, 1.82) is 0 Å². The van der Waals surface area contributed by atoms with E-state index >= 15 is 0 Å².